The summed E-state index contributed by atoms with van der Waals surface area (Å²) in [5.74, 6) is -0.774. The number of nitrogens with two attached hydrogens (primary N) is 1. The number of hydrogen-bond acceptors (Lipinski definition) is 1. The topological polar surface area (TPSA) is 26.0 Å². The molecule has 1 saturated carbocycles. The Balaban J connectivity index is 0.00000144. The summed E-state index contributed by atoms with van der Waals surface area (Å²) >= 11 is 0. The Hall–Kier alpha value is -0.930. The summed E-state index contributed by atoms with van der Waals surface area (Å²) in [6.07, 6.45) is 5.39. The van der Waals surface area contributed by atoms with Crippen molar-refractivity contribution in [2.45, 2.75) is 31.7 Å². The van der Waals surface area contributed by atoms with E-state index in [1.54, 1.807) is 6.08 Å². The van der Waals surface area contributed by atoms with Crippen LogP contribution < -0.4 is 5.73 Å². The van der Waals surface area contributed by atoms with Crippen LogP contribution in [0.2, 0.25) is 0 Å². The molecule has 94 valence electrons. The molecule has 17 heavy (non-hydrogen) atoms. The molecule has 1 fully saturated rings. The third-order valence-electron chi connectivity index (χ3n) is 2.99. The molecule has 0 spiro atoms. The summed E-state index contributed by atoms with van der Waals surface area (Å²) in [5, 5.41) is 0. The first-order valence-electron chi connectivity index (χ1n) is 5.55. The first-order chi connectivity index (χ1) is 7.65. The van der Waals surface area contributed by atoms with E-state index in [4.69, 9.17) is 5.73 Å². The zero-order valence-electron chi connectivity index (χ0n) is 9.46. The summed E-state index contributed by atoms with van der Waals surface area (Å²) < 4.78 is 26.3. The Bertz CT molecular complexity index is 408. The molecule has 0 aliphatic heterocycles. The van der Waals surface area contributed by atoms with Crippen molar-refractivity contribution in [3.63, 3.8) is 0 Å². The summed E-state index contributed by atoms with van der Waals surface area (Å²) in [6.45, 7) is 0. The molecule has 2 rings (SSSR count). The number of rotatable bonds is 1. The van der Waals surface area contributed by atoms with Gasteiger partial charge >= 0.3 is 0 Å². The second-order valence-corrected chi connectivity index (χ2v) is 4.31. The van der Waals surface area contributed by atoms with Crippen LogP contribution in [0.3, 0.4) is 0 Å². The van der Waals surface area contributed by atoms with Gasteiger partial charge in [-0.3, -0.25) is 0 Å². The molecule has 2 N–H and O–H groups in total. The minimum Gasteiger partial charge on any atom is -0.328 e. The molecule has 0 radical (unpaired) electrons. The van der Waals surface area contributed by atoms with E-state index < -0.39 is 5.82 Å². The second kappa shape index (κ2) is 6.12. The summed E-state index contributed by atoms with van der Waals surface area (Å²) in [6, 6.07) is 3.79. The fourth-order valence-electron chi connectivity index (χ4n) is 2.00. The molecule has 0 saturated heterocycles. The summed E-state index contributed by atoms with van der Waals surface area (Å²) in [5.41, 5.74) is 7.28. The van der Waals surface area contributed by atoms with Crippen molar-refractivity contribution in [3.05, 3.63) is 41.0 Å². The lowest BCUT2D eigenvalue weighted by Gasteiger charge is -2.20. The van der Waals surface area contributed by atoms with Crippen LogP contribution in [0.4, 0.5) is 8.78 Å². The van der Waals surface area contributed by atoms with Gasteiger partial charge in [0.2, 0.25) is 0 Å². The molecule has 0 bridgehead atoms. The highest BCUT2D eigenvalue weighted by molar-refractivity contribution is 5.85. The van der Waals surface area contributed by atoms with Gasteiger partial charge in [-0.05, 0) is 43.9 Å². The second-order valence-electron chi connectivity index (χ2n) is 4.31. The van der Waals surface area contributed by atoms with E-state index in [1.165, 1.54) is 6.07 Å². The van der Waals surface area contributed by atoms with Gasteiger partial charge in [0.1, 0.15) is 11.6 Å². The largest absolute Gasteiger partial charge is 0.328 e. The van der Waals surface area contributed by atoms with Crippen molar-refractivity contribution < 1.29 is 8.78 Å². The molecule has 1 aromatic carbocycles. The minimum atomic E-state index is -0.402. The van der Waals surface area contributed by atoms with Crippen molar-refractivity contribution in [3.8, 4) is 0 Å². The maximum Gasteiger partial charge on any atom is 0.130 e. The minimum absolute atomic E-state index is 0. The van der Waals surface area contributed by atoms with Crippen LogP contribution in [0.1, 0.15) is 31.2 Å². The molecule has 0 aromatic heterocycles. The first-order valence-corrected chi connectivity index (χ1v) is 5.55. The Morgan fingerprint density at radius 2 is 1.82 bits per heavy atom. The molecule has 1 aromatic rings. The molecule has 0 unspecified atom stereocenters. The molecule has 4 heteroatoms. The van der Waals surface area contributed by atoms with Crippen molar-refractivity contribution in [1.29, 1.82) is 0 Å². The van der Waals surface area contributed by atoms with Gasteiger partial charge in [-0.1, -0.05) is 11.6 Å². The fourth-order valence-corrected chi connectivity index (χ4v) is 2.00. The van der Waals surface area contributed by atoms with E-state index >= 15 is 0 Å². The molecule has 1 aliphatic rings. The average Bonchev–Trinajstić information content (AvgIpc) is 2.27. The number of allylic oxidation sites excluding steroid dienone is 1. The molecule has 1 nitrogen and oxygen atoms in total. The van der Waals surface area contributed by atoms with Crippen LogP contribution >= 0.6 is 12.4 Å². The average molecular weight is 260 g/mol. The molecule has 1 aliphatic carbocycles. The van der Waals surface area contributed by atoms with Crippen LogP contribution in [0.25, 0.3) is 6.08 Å². The Morgan fingerprint density at radius 1 is 1.18 bits per heavy atom. The van der Waals surface area contributed by atoms with Gasteiger partial charge in [-0.2, -0.15) is 0 Å². The molecule has 0 atom stereocenters. The summed E-state index contributed by atoms with van der Waals surface area (Å²) in [4.78, 5) is 0. The van der Waals surface area contributed by atoms with Gasteiger partial charge in [0.05, 0.1) is 0 Å². The van der Waals surface area contributed by atoms with E-state index in [-0.39, 0.29) is 24.3 Å². The summed E-state index contributed by atoms with van der Waals surface area (Å²) in [7, 11) is 0. The maximum atomic E-state index is 13.4. The highest BCUT2D eigenvalue weighted by Gasteiger charge is 2.13. The van der Waals surface area contributed by atoms with Crippen LogP contribution in [-0.2, 0) is 0 Å². The Kier molecular flexibility index (Phi) is 5.09. The normalized spacial score (nSPS) is 19.7. The van der Waals surface area contributed by atoms with Gasteiger partial charge in [-0.25, -0.2) is 8.78 Å². The van der Waals surface area contributed by atoms with Crippen LogP contribution in [0.15, 0.2) is 23.8 Å². The van der Waals surface area contributed by atoms with E-state index in [0.29, 0.717) is 5.56 Å². The van der Waals surface area contributed by atoms with Crippen molar-refractivity contribution in [2.75, 3.05) is 0 Å². The zero-order chi connectivity index (χ0) is 11.5. The monoisotopic (exact) mass is 259 g/mol. The molecular formula is C13H16ClF2N. The smallest absolute Gasteiger partial charge is 0.130 e. The zero-order valence-corrected chi connectivity index (χ0v) is 10.3. The first kappa shape index (κ1) is 14.1. The van der Waals surface area contributed by atoms with Crippen molar-refractivity contribution in [1.82, 2.24) is 0 Å². The lowest BCUT2D eigenvalue weighted by molar-refractivity contribution is 0.513. The highest BCUT2D eigenvalue weighted by Crippen LogP contribution is 2.25. The van der Waals surface area contributed by atoms with E-state index in [9.17, 15) is 8.78 Å². The maximum absolute atomic E-state index is 13.4. The number of halogens is 3. The van der Waals surface area contributed by atoms with Crippen LogP contribution in [-0.4, -0.2) is 6.04 Å². The SMILES string of the molecule is Cl.NC1CCC(=Cc2cc(F)ccc2F)CC1. The van der Waals surface area contributed by atoms with Gasteiger partial charge in [0.25, 0.3) is 0 Å². The molecule has 0 heterocycles. The fraction of sp³-hybridized carbons (Fsp3) is 0.385. The van der Waals surface area contributed by atoms with Gasteiger partial charge in [0, 0.05) is 11.6 Å². The molecular weight excluding hydrogens is 244 g/mol. The predicted molar refractivity (Wildman–Crippen MR) is 68.0 cm³/mol. The van der Waals surface area contributed by atoms with Gasteiger partial charge in [-0.15, -0.1) is 12.4 Å². The van der Waals surface area contributed by atoms with Crippen LogP contribution in [0.5, 0.6) is 0 Å². The van der Waals surface area contributed by atoms with Gasteiger partial charge < -0.3 is 5.73 Å². The third kappa shape index (κ3) is 3.79. The quantitative estimate of drug-likeness (QED) is 0.818. The molecule has 0 amide bonds. The van der Waals surface area contributed by atoms with E-state index in [1.807, 2.05) is 0 Å². The van der Waals surface area contributed by atoms with Crippen molar-refractivity contribution in [2.24, 2.45) is 5.73 Å². The van der Waals surface area contributed by atoms with E-state index in [2.05, 4.69) is 0 Å². The standard InChI is InChI=1S/C13H15F2N.ClH/c14-11-3-6-13(15)10(8-11)7-9-1-4-12(16)5-2-9;/h3,6-8,12H,1-2,4-5,16H2;1H. The predicted octanol–water partition coefficient (Wildman–Crippen LogP) is 3.67. The Labute approximate surface area is 106 Å². The van der Waals surface area contributed by atoms with Gasteiger partial charge in [0.15, 0.2) is 0 Å². The highest BCUT2D eigenvalue weighted by atomic mass is 35.5. The number of benzene rings is 1. The third-order valence-corrected chi connectivity index (χ3v) is 2.99. The van der Waals surface area contributed by atoms with Crippen LogP contribution in [0, 0.1) is 11.6 Å². The number of hydrogen-bond donors (Lipinski definition) is 1. The lowest BCUT2D eigenvalue weighted by atomic mass is 9.90. The van der Waals surface area contributed by atoms with Crippen molar-refractivity contribution >= 4 is 18.5 Å². The Morgan fingerprint density at radius 3 is 2.47 bits per heavy atom. The van der Waals surface area contributed by atoms with E-state index in [0.717, 1.165) is 43.4 Å². The lowest BCUT2D eigenvalue weighted by Crippen LogP contribution is -2.23.